The molecule has 0 radical (unpaired) electrons. The van der Waals surface area contributed by atoms with Crippen LogP contribution in [-0.2, 0) is 0 Å². The number of unbranched alkanes of at least 4 members (excludes halogenated alkanes) is 1. The molecule has 1 fully saturated rings. The zero-order valence-corrected chi connectivity index (χ0v) is 9.15. The maximum Gasteiger partial charge on any atom is 0.165 e. The molecule has 1 aliphatic carbocycles. The summed E-state index contributed by atoms with van der Waals surface area (Å²) >= 11 is 1.81. The Labute approximate surface area is 89.1 Å². The highest BCUT2D eigenvalue weighted by Crippen LogP contribution is 2.18. The van der Waals surface area contributed by atoms with Gasteiger partial charge in [-0.3, -0.25) is 0 Å². The van der Waals surface area contributed by atoms with E-state index >= 15 is 0 Å². The first-order valence-electron chi connectivity index (χ1n) is 5.31. The maximum atomic E-state index is 4.16. The predicted octanol–water partition coefficient (Wildman–Crippen LogP) is 2.03. The highest BCUT2D eigenvalue weighted by Gasteiger charge is 2.19. The topological polar surface area (TPSA) is 40.7 Å². The van der Waals surface area contributed by atoms with Gasteiger partial charge in [-0.25, -0.2) is 4.98 Å². The van der Waals surface area contributed by atoms with Crippen LogP contribution in [0.15, 0.2) is 17.6 Å². The van der Waals surface area contributed by atoms with Gasteiger partial charge < -0.3 is 10.3 Å². The first kappa shape index (κ1) is 10.1. The van der Waals surface area contributed by atoms with E-state index in [2.05, 4.69) is 15.3 Å². The first-order valence-corrected chi connectivity index (χ1v) is 6.29. The molecule has 0 saturated heterocycles. The molecule has 1 saturated carbocycles. The Balaban J connectivity index is 1.43. The summed E-state index contributed by atoms with van der Waals surface area (Å²) in [5.74, 6) is 1.17. The number of hydrogen-bond acceptors (Lipinski definition) is 3. The van der Waals surface area contributed by atoms with Crippen LogP contribution in [-0.4, -0.2) is 28.3 Å². The van der Waals surface area contributed by atoms with E-state index in [4.69, 9.17) is 0 Å². The highest BCUT2D eigenvalue weighted by atomic mass is 32.2. The van der Waals surface area contributed by atoms with Crippen molar-refractivity contribution >= 4 is 11.8 Å². The number of aromatic amines is 1. The van der Waals surface area contributed by atoms with Gasteiger partial charge in [0, 0.05) is 24.2 Å². The minimum absolute atomic E-state index is 0.854. The quantitative estimate of drug-likeness (QED) is 0.535. The third-order valence-corrected chi connectivity index (χ3v) is 3.28. The molecule has 3 nitrogen and oxygen atoms in total. The van der Waals surface area contributed by atoms with Gasteiger partial charge in [-0.1, -0.05) is 11.8 Å². The summed E-state index contributed by atoms with van der Waals surface area (Å²) < 4.78 is 0. The minimum atomic E-state index is 0.854. The average Bonchev–Trinajstić information content (AvgIpc) is 2.87. The number of H-pyrrole nitrogens is 1. The second-order valence-corrected chi connectivity index (χ2v) is 4.76. The van der Waals surface area contributed by atoms with Crippen molar-refractivity contribution in [2.24, 2.45) is 0 Å². The van der Waals surface area contributed by atoms with Crippen LogP contribution in [0.1, 0.15) is 25.7 Å². The molecule has 0 unspecified atom stereocenters. The van der Waals surface area contributed by atoms with Gasteiger partial charge >= 0.3 is 0 Å². The summed E-state index contributed by atoms with van der Waals surface area (Å²) in [7, 11) is 0. The molecule has 78 valence electrons. The van der Waals surface area contributed by atoms with Crippen molar-refractivity contribution in [2.45, 2.75) is 36.9 Å². The molecule has 2 rings (SSSR count). The number of thioether (sulfide) groups is 1. The van der Waals surface area contributed by atoms with Crippen molar-refractivity contribution in [3.8, 4) is 0 Å². The molecule has 0 spiro atoms. The molecule has 2 N–H and O–H groups in total. The Bertz CT molecular complexity index is 244. The smallest absolute Gasteiger partial charge is 0.165 e. The Kier molecular flexibility index (Phi) is 3.89. The summed E-state index contributed by atoms with van der Waals surface area (Å²) in [5, 5.41) is 4.56. The summed E-state index contributed by atoms with van der Waals surface area (Å²) in [6.07, 6.45) is 9.01. The monoisotopic (exact) mass is 211 g/mol. The average molecular weight is 211 g/mol. The van der Waals surface area contributed by atoms with Gasteiger partial charge in [-0.05, 0) is 32.2 Å². The lowest BCUT2D eigenvalue weighted by Crippen LogP contribution is -2.17. The van der Waals surface area contributed by atoms with Crippen molar-refractivity contribution < 1.29 is 0 Å². The van der Waals surface area contributed by atoms with Gasteiger partial charge in [-0.15, -0.1) is 0 Å². The van der Waals surface area contributed by atoms with Crippen LogP contribution in [0.4, 0.5) is 0 Å². The number of aromatic nitrogens is 2. The zero-order valence-electron chi connectivity index (χ0n) is 8.33. The Morgan fingerprint density at radius 2 is 2.43 bits per heavy atom. The SMILES string of the molecule is c1c[nH]c(SCCCCNC2CC2)n1. The van der Waals surface area contributed by atoms with Crippen molar-refractivity contribution in [3.63, 3.8) is 0 Å². The van der Waals surface area contributed by atoms with E-state index in [-0.39, 0.29) is 0 Å². The Morgan fingerprint density at radius 3 is 3.14 bits per heavy atom. The fourth-order valence-electron chi connectivity index (χ4n) is 1.32. The number of nitrogens with zero attached hydrogens (tertiary/aromatic N) is 1. The summed E-state index contributed by atoms with van der Waals surface area (Å²) in [4.78, 5) is 7.26. The largest absolute Gasteiger partial charge is 0.340 e. The molecule has 0 bridgehead atoms. The van der Waals surface area contributed by atoms with Gasteiger partial charge in [0.25, 0.3) is 0 Å². The molecule has 0 atom stereocenters. The van der Waals surface area contributed by atoms with Gasteiger partial charge in [0.2, 0.25) is 0 Å². The van der Waals surface area contributed by atoms with Crippen molar-refractivity contribution in [3.05, 3.63) is 12.4 Å². The number of nitrogens with one attached hydrogen (secondary N) is 2. The van der Waals surface area contributed by atoms with E-state index in [1.54, 1.807) is 6.20 Å². The molecule has 0 aromatic carbocycles. The second kappa shape index (κ2) is 5.41. The van der Waals surface area contributed by atoms with Crippen LogP contribution in [0.3, 0.4) is 0 Å². The molecular formula is C10H17N3S. The van der Waals surface area contributed by atoms with Crippen molar-refractivity contribution in [2.75, 3.05) is 12.3 Å². The molecule has 1 aromatic rings. The van der Waals surface area contributed by atoms with E-state index < -0.39 is 0 Å². The van der Waals surface area contributed by atoms with Gasteiger partial charge in [0.1, 0.15) is 0 Å². The molecule has 0 amide bonds. The minimum Gasteiger partial charge on any atom is -0.340 e. The lowest BCUT2D eigenvalue weighted by Gasteiger charge is -2.01. The molecule has 1 aromatic heterocycles. The standard InChI is InChI=1S/C10H17N3S/c1(5-11-9-3-4-9)2-8-14-10-12-6-7-13-10/h6-7,9,11H,1-5,8H2,(H,12,13). The third-order valence-electron chi connectivity index (χ3n) is 2.29. The predicted molar refractivity (Wildman–Crippen MR) is 59.6 cm³/mol. The summed E-state index contributed by atoms with van der Waals surface area (Å²) in [6.45, 7) is 1.18. The fraction of sp³-hybridized carbons (Fsp3) is 0.700. The number of imidazole rings is 1. The van der Waals surface area contributed by atoms with Crippen LogP contribution < -0.4 is 5.32 Å². The van der Waals surface area contributed by atoms with E-state index in [0.29, 0.717) is 0 Å². The molecular weight excluding hydrogens is 194 g/mol. The van der Waals surface area contributed by atoms with Crippen LogP contribution >= 0.6 is 11.8 Å². The Morgan fingerprint density at radius 1 is 1.50 bits per heavy atom. The first-order chi connectivity index (χ1) is 6.95. The highest BCUT2D eigenvalue weighted by molar-refractivity contribution is 7.99. The normalized spacial score (nSPS) is 16.0. The Hall–Kier alpha value is -0.480. The van der Waals surface area contributed by atoms with Crippen molar-refractivity contribution in [1.82, 2.24) is 15.3 Å². The van der Waals surface area contributed by atoms with E-state index in [1.165, 1.54) is 38.0 Å². The number of rotatable bonds is 7. The second-order valence-electron chi connectivity index (χ2n) is 3.68. The maximum absolute atomic E-state index is 4.16. The summed E-state index contributed by atoms with van der Waals surface area (Å²) in [6, 6.07) is 0.854. The van der Waals surface area contributed by atoms with Crippen molar-refractivity contribution in [1.29, 1.82) is 0 Å². The molecule has 0 aliphatic heterocycles. The number of hydrogen-bond donors (Lipinski definition) is 2. The molecule has 1 heterocycles. The van der Waals surface area contributed by atoms with E-state index in [1.807, 2.05) is 18.0 Å². The molecule has 4 heteroatoms. The van der Waals surface area contributed by atoms with Crippen LogP contribution in [0.2, 0.25) is 0 Å². The molecule has 1 aliphatic rings. The van der Waals surface area contributed by atoms with Crippen LogP contribution in [0.5, 0.6) is 0 Å². The lowest BCUT2D eigenvalue weighted by atomic mass is 10.3. The summed E-state index contributed by atoms with van der Waals surface area (Å²) in [5.41, 5.74) is 0. The van der Waals surface area contributed by atoms with E-state index in [0.717, 1.165) is 11.2 Å². The van der Waals surface area contributed by atoms with E-state index in [9.17, 15) is 0 Å². The van der Waals surface area contributed by atoms with Gasteiger partial charge in [0.05, 0.1) is 0 Å². The third kappa shape index (κ3) is 3.72. The zero-order chi connectivity index (χ0) is 9.64. The van der Waals surface area contributed by atoms with Gasteiger partial charge in [-0.2, -0.15) is 0 Å². The van der Waals surface area contributed by atoms with Gasteiger partial charge in [0.15, 0.2) is 5.16 Å². The molecule has 14 heavy (non-hydrogen) atoms. The lowest BCUT2D eigenvalue weighted by molar-refractivity contribution is 0.640. The van der Waals surface area contributed by atoms with Crippen LogP contribution in [0.25, 0.3) is 0 Å². The fourth-order valence-corrected chi connectivity index (χ4v) is 2.15. The van der Waals surface area contributed by atoms with Crippen LogP contribution in [0, 0.1) is 0 Å².